The molecule has 0 radical (unpaired) electrons. The molecule has 0 spiro atoms. The maximum absolute atomic E-state index is 5.71. The summed E-state index contributed by atoms with van der Waals surface area (Å²) in [5, 5.41) is 14.6. The lowest BCUT2D eigenvalue weighted by Crippen LogP contribution is -2.48. The summed E-state index contributed by atoms with van der Waals surface area (Å²) in [4.78, 5) is 19.0. The Morgan fingerprint density at radius 3 is 2.59 bits per heavy atom. The first-order valence-electron chi connectivity index (χ1n) is 13.7. The van der Waals surface area contributed by atoms with E-state index in [2.05, 4.69) is 42.4 Å². The third-order valence-electron chi connectivity index (χ3n) is 8.22. The fraction of sp³-hybridized carbons (Fsp3) is 0.593. The highest BCUT2D eigenvalue weighted by molar-refractivity contribution is 7.14. The van der Waals surface area contributed by atoms with E-state index < -0.39 is 0 Å². The SMILES string of the molecule is c1cc(C2(c3nnc(-c4cncc(N5CCCC5)n4)s3)COC2)ncc1N1CCC[C@@H](NCC2CC2)C1. The van der Waals surface area contributed by atoms with Gasteiger partial charge in [-0.1, -0.05) is 11.3 Å². The van der Waals surface area contributed by atoms with Gasteiger partial charge in [0.05, 0.1) is 43.2 Å². The number of ether oxygens (including phenoxy) is 1. The molecule has 0 unspecified atom stereocenters. The molecule has 3 saturated heterocycles. The van der Waals surface area contributed by atoms with Crippen LogP contribution >= 0.6 is 11.3 Å². The van der Waals surface area contributed by atoms with E-state index in [0.29, 0.717) is 19.3 Å². The van der Waals surface area contributed by atoms with Crippen LogP contribution in [0.1, 0.15) is 49.2 Å². The predicted octanol–water partition coefficient (Wildman–Crippen LogP) is 3.28. The molecule has 3 aromatic rings. The Morgan fingerprint density at radius 2 is 1.84 bits per heavy atom. The average molecular weight is 519 g/mol. The summed E-state index contributed by atoms with van der Waals surface area (Å²) < 4.78 is 5.71. The van der Waals surface area contributed by atoms with Crippen LogP contribution in [-0.4, -0.2) is 77.1 Å². The van der Waals surface area contributed by atoms with Gasteiger partial charge in [0.2, 0.25) is 0 Å². The van der Waals surface area contributed by atoms with Gasteiger partial charge in [-0.05, 0) is 63.1 Å². The Kier molecular flexibility index (Phi) is 6.26. The fourth-order valence-corrected chi connectivity index (χ4v) is 6.62. The van der Waals surface area contributed by atoms with Gasteiger partial charge in [-0.15, -0.1) is 10.2 Å². The zero-order valence-corrected chi connectivity index (χ0v) is 22.0. The van der Waals surface area contributed by atoms with Gasteiger partial charge in [0, 0.05) is 32.2 Å². The summed E-state index contributed by atoms with van der Waals surface area (Å²) >= 11 is 1.58. The lowest BCUT2D eigenvalue weighted by molar-refractivity contribution is -0.0403. The number of rotatable bonds is 8. The molecule has 1 aliphatic carbocycles. The van der Waals surface area contributed by atoms with Crippen LogP contribution in [0.3, 0.4) is 0 Å². The molecule has 0 amide bonds. The van der Waals surface area contributed by atoms with E-state index in [1.807, 2.05) is 12.4 Å². The molecule has 4 aliphatic rings. The molecule has 0 aromatic carbocycles. The van der Waals surface area contributed by atoms with Crippen LogP contribution in [0, 0.1) is 5.92 Å². The van der Waals surface area contributed by atoms with E-state index in [0.717, 1.165) is 59.3 Å². The van der Waals surface area contributed by atoms with Crippen LogP contribution in [0.25, 0.3) is 10.7 Å². The molecule has 37 heavy (non-hydrogen) atoms. The Labute approximate surface area is 221 Å². The molecule has 4 fully saturated rings. The molecule has 9 nitrogen and oxygen atoms in total. The smallest absolute Gasteiger partial charge is 0.168 e. The lowest BCUT2D eigenvalue weighted by Gasteiger charge is -2.39. The number of hydrogen-bond acceptors (Lipinski definition) is 10. The van der Waals surface area contributed by atoms with Gasteiger partial charge < -0.3 is 19.9 Å². The van der Waals surface area contributed by atoms with Crippen LogP contribution in [-0.2, 0) is 10.2 Å². The number of piperidine rings is 1. The number of anilines is 2. The number of aromatic nitrogens is 5. The van der Waals surface area contributed by atoms with Crippen molar-refractivity contribution in [3.8, 4) is 10.7 Å². The van der Waals surface area contributed by atoms with Gasteiger partial charge in [0.1, 0.15) is 21.9 Å². The maximum Gasteiger partial charge on any atom is 0.168 e. The summed E-state index contributed by atoms with van der Waals surface area (Å²) in [6.07, 6.45) is 13.4. The minimum absolute atomic E-state index is 0.343. The summed E-state index contributed by atoms with van der Waals surface area (Å²) in [5.41, 5.74) is 2.64. The number of nitrogens with zero attached hydrogens (tertiary/aromatic N) is 7. The van der Waals surface area contributed by atoms with Crippen LogP contribution in [0.2, 0.25) is 0 Å². The molecule has 3 aromatic heterocycles. The second kappa shape index (κ2) is 9.89. The first-order chi connectivity index (χ1) is 18.3. The molecular formula is C27H34N8OS. The van der Waals surface area contributed by atoms with Gasteiger partial charge in [-0.3, -0.25) is 9.97 Å². The molecule has 6 heterocycles. The Balaban J connectivity index is 1.08. The van der Waals surface area contributed by atoms with Crippen LogP contribution in [0.5, 0.6) is 0 Å². The molecule has 1 N–H and O–H groups in total. The van der Waals surface area contributed by atoms with Gasteiger partial charge in [-0.2, -0.15) is 0 Å². The topological polar surface area (TPSA) is 92.2 Å². The van der Waals surface area contributed by atoms with E-state index in [4.69, 9.17) is 14.7 Å². The van der Waals surface area contributed by atoms with Crippen molar-refractivity contribution in [1.82, 2.24) is 30.5 Å². The molecular weight excluding hydrogens is 484 g/mol. The van der Waals surface area contributed by atoms with Crippen molar-refractivity contribution >= 4 is 22.8 Å². The van der Waals surface area contributed by atoms with Crippen molar-refractivity contribution in [2.45, 2.75) is 50.0 Å². The van der Waals surface area contributed by atoms with Gasteiger partial charge in [0.25, 0.3) is 0 Å². The molecule has 10 heteroatoms. The van der Waals surface area contributed by atoms with Crippen LogP contribution in [0.15, 0.2) is 30.7 Å². The van der Waals surface area contributed by atoms with E-state index in [9.17, 15) is 0 Å². The van der Waals surface area contributed by atoms with E-state index >= 15 is 0 Å². The van der Waals surface area contributed by atoms with Crippen molar-refractivity contribution < 1.29 is 4.74 Å². The first-order valence-corrected chi connectivity index (χ1v) is 14.5. The quantitative estimate of drug-likeness (QED) is 0.482. The monoisotopic (exact) mass is 518 g/mol. The second-order valence-corrected chi connectivity index (χ2v) is 12.0. The van der Waals surface area contributed by atoms with Gasteiger partial charge in [0.15, 0.2) is 5.01 Å². The lowest BCUT2D eigenvalue weighted by atomic mass is 9.82. The van der Waals surface area contributed by atoms with Crippen molar-refractivity contribution in [3.05, 3.63) is 41.4 Å². The number of hydrogen-bond donors (Lipinski definition) is 1. The van der Waals surface area contributed by atoms with Gasteiger partial charge in [-0.25, -0.2) is 4.98 Å². The minimum Gasteiger partial charge on any atom is -0.378 e. The summed E-state index contributed by atoms with van der Waals surface area (Å²) in [5.74, 6) is 1.84. The number of nitrogens with one attached hydrogen (secondary N) is 1. The zero-order valence-electron chi connectivity index (χ0n) is 21.2. The van der Waals surface area contributed by atoms with Crippen molar-refractivity contribution in [3.63, 3.8) is 0 Å². The normalized spacial score (nSPS) is 23.3. The molecule has 1 atom stereocenters. The van der Waals surface area contributed by atoms with Crippen LogP contribution in [0.4, 0.5) is 11.5 Å². The van der Waals surface area contributed by atoms with E-state index in [1.165, 1.54) is 50.8 Å². The summed E-state index contributed by atoms with van der Waals surface area (Å²) in [6, 6.07) is 4.96. The average Bonchev–Trinajstić information content (AvgIpc) is 3.36. The van der Waals surface area contributed by atoms with Crippen LogP contribution < -0.4 is 15.1 Å². The first kappa shape index (κ1) is 23.4. The van der Waals surface area contributed by atoms with E-state index in [1.54, 1.807) is 17.5 Å². The van der Waals surface area contributed by atoms with Crippen molar-refractivity contribution in [2.24, 2.45) is 5.92 Å². The fourth-order valence-electron chi connectivity index (χ4n) is 5.65. The highest BCUT2D eigenvalue weighted by Crippen LogP contribution is 2.41. The zero-order chi connectivity index (χ0) is 24.7. The Bertz CT molecular complexity index is 1220. The third-order valence-corrected chi connectivity index (χ3v) is 9.37. The summed E-state index contributed by atoms with van der Waals surface area (Å²) in [6.45, 7) is 6.55. The molecule has 3 aliphatic heterocycles. The second-order valence-electron chi connectivity index (χ2n) is 11.0. The molecule has 7 rings (SSSR count). The predicted molar refractivity (Wildman–Crippen MR) is 144 cm³/mol. The maximum atomic E-state index is 5.71. The van der Waals surface area contributed by atoms with Crippen molar-refractivity contribution in [2.75, 3.05) is 55.7 Å². The minimum atomic E-state index is -0.343. The Hall–Kier alpha value is -2.69. The highest BCUT2D eigenvalue weighted by Gasteiger charge is 2.47. The van der Waals surface area contributed by atoms with E-state index in [-0.39, 0.29) is 5.41 Å². The van der Waals surface area contributed by atoms with Gasteiger partial charge >= 0.3 is 0 Å². The molecule has 194 valence electrons. The van der Waals surface area contributed by atoms with Crippen molar-refractivity contribution in [1.29, 1.82) is 0 Å². The highest BCUT2D eigenvalue weighted by atomic mass is 32.1. The largest absolute Gasteiger partial charge is 0.378 e. The summed E-state index contributed by atoms with van der Waals surface area (Å²) in [7, 11) is 0. The standard InChI is InChI=1S/C27H34N8OS/c1-2-10-34(9-1)24-15-28-14-22(31-24)25-32-33-26(37-25)27(17-36-18-27)23-8-7-21(13-30-23)35-11-3-4-20(16-35)29-12-19-5-6-19/h7-8,13-15,19-20,29H,1-6,9-12,16-18H2/t20-/m1/s1. The third kappa shape index (κ3) is 4.70. The number of pyridine rings is 1. The molecule has 1 saturated carbocycles. The molecule has 0 bridgehead atoms. The Morgan fingerprint density at radius 1 is 0.973 bits per heavy atom.